The van der Waals surface area contributed by atoms with Gasteiger partial charge in [-0.25, -0.2) is 0 Å². The van der Waals surface area contributed by atoms with Crippen LogP contribution >= 0.6 is 11.6 Å². The average molecular weight is 268 g/mol. The summed E-state index contributed by atoms with van der Waals surface area (Å²) in [6.07, 6.45) is 0. The van der Waals surface area contributed by atoms with Gasteiger partial charge in [-0.2, -0.15) is 0 Å². The quantitative estimate of drug-likeness (QED) is 0.899. The zero-order valence-electron chi connectivity index (χ0n) is 10.5. The summed E-state index contributed by atoms with van der Waals surface area (Å²) in [4.78, 5) is 15.5. The van der Waals surface area contributed by atoms with Crippen LogP contribution in [0.2, 0.25) is 5.02 Å². The van der Waals surface area contributed by atoms with Crippen molar-refractivity contribution in [3.8, 4) is 0 Å². The van der Waals surface area contributed by atoms with Gasteiger partial charge >= 0.3 is 0 Å². The second kappa shape index (κ2) is 5.59. The summed E-state index contributed by atoms with van der Waals surface area (Å²) in [7, 11) is 0. The Kier molecular flexibility index (Phi) is 4.09. The van der Waals surface area contributed by atoms with Gasteiger partial charge < -0.3 is 10.6 Å². The smallest absolute Gasteiger partial charge is 0.234 e. The maximum absolute atomic E-state index is 11.1. The van der Waals surface area contributed by atoms with Crippen LogP contribution in [-0.2, 0) is 4.79 Å². The van der Waals surface area contributed by atoms with E-state index >= 15 is 0 Å². The van der Waals surface area contributed by atoms with Crippen LogP contribution in [0, 0.1) is 0 Å². The van der Waals surface area contributed by atoms with E-state index in [0.717, 1.165) is 36.9 Å². The highest BCUT2D eigenvalue weighted by Gasteiger charge is 2.24. The van der Waals surface area contributed by atoms with Crippen LogP contribution in [0.5, 0.6) is 0 Å². The largest absolute Gasteiger partial charge is 0.369 e. The molecular formula is C13H18ClN3O. The first-order chi connectivity index (χ1) is 8.58. The summed E-state index contributed by atoms with van der Waals surface area (Å²) in [5.74, 6) is -0.258. The number of halogens is 1. The number of carbonyl (C=O) groups excluding carboxylic acids is 1. The van der Waals surface area contributed by atoms with Gasteiger partial charge in [-0.05, 0) is 25.1 Å². The Balaban J connectivity index is 1.96. The molecule has 1 saturated heterocycles. The van der Waals surface area contributed by atoms with Crippen LogP contribution in [0.15, 0.2) is 24.3 Å². The molecule has 1 atom stereocenters. The molecule has 4 nitrogen and oxygen atoms in total. The minimum absolute atomic E-state index is 0.188. The number of amides is 1. The van der Waals surface area contributed by atoms with E-state index in [-0.39, 0.29) is 11.9 Å². The van der Waals surface area contributed by atoms with Crippen LogP contribution in [-0.4, -0.2) is 43.0 Å². The molecule has 98 valence electrons. The second-order valence-corrected chi connectivity index (χ2v) is 5.02. The van der Waals surface area contributed by atoms with Crippen molar-refractivity contribution in [2.24, 2.45) is 5.73 Å². The van der Waals surface area contributed by atoms with Crippen LogP contribution in [0.3, 0.4) is 0 Å². The number of rotatable bonds is 3. The summed E-state index contributed by atoms with van der Waals surface area (Å²) in [6, 6.07) is 7.66. The molecule has 1 heterocycles. The number of carbonyl (C=O) groups is 1. The van der Waals surface area contributed by atoms with Crippen molar-refractivity contribution in [3.05, 3.63) is 29.3 Å². The number of hydrogen-bond acceptors (Lipinski definition) is 3. The van der Waals surface area contributed by atoms with Crippen molar-refractivity contribution in [3.63, 3.8) is 0 Å². The molecule has 0 spiro atoms. The normalized spacial score (nSPS) is 18.7. The molecule has 0 radical (unpaired) electrons. The van der Waals surface area contributed by atoms with Gasteiger partial charge in [-0.3, -0.25) is 9.69 Å². The predicted molar refractivity (Wildman–Crippen MR) is 73.9 cm³/mol. The van der Waals surface area contributed by atoms with Gasteiger partial charge in [0.05, 0.1) is 6.04 Å². The number of hydrogen-bond donors (Lipinski definition) is 1. The van der Waals surface area contributed by atoms with Crippen molar-refractivity contribution in [2.75, 3.05) is 31.1 Å². The lowest BCUT2D eigenvalue weighted by atomic mass is 10.2. The van der Waals surface area contributed by atoms with E-state index in [1.165, 1.54) is 0 Å². The first kappa shape index (κ1) is 13.2. The molecule has 0 aliphatic carbocycles. The summed E-state index contributed by atoms with van der Waals surface area (Å²) in [5.41, 5.74) is 6.45. The van der Waals surface area contributed by atoms with Gasteiger partial charge in [0.2, 0.25) is 5.91 Å². The summed E-state index contributed by atoms with van der Waals surface area (Å²) < 4.78 is 0. The topological polar surface area (TPSA) is 49.6 Å². The van der Waals surface area contributed by atoms with E-state index < -0.39 is 0 Å². The lowest BCUT2D eigenvalue weighted by Crippen LogP contribution is -2.53. The zero-order valence-corrected chi connectivity index (χ0v) is 11.2. The molecule has 1 amide bonds. The summed E-state index contributed by atoms with van der Waals surface area (Å²) >= 11 is 5.99. The van der Waals surface area contributed by atoms with Gasteiger partial charge in [0.25, 0.3) is 0 Å². The predicted octanol–water partition coefficient (Wildman–Crippen LogP) is 1.34. The fourth-order valence-corrected chi connectivity index (χ4v) is 2.40. The van der Waals surface area contributed by atoms with Crippen molar-refractivity contribution >= 4 is 23.2 Å². The molecule has 2 N–H and O–H groups in total. The number of benzene rings is 1. The number of primary amides is 1. The monoisotopic (exact) mass is 267 g/mol. The van der Waals surface area contributed by atoms with Crippen molar-refractivity contribution < 1.29 is 4.79 Å². The van der Waals surface area contributed by atoms with Crippen molar-refractivity contribution in [1.82, 2.24) is 4.90 Å². The van der Waals surface area contributed by atoms with Crippen LogP contribution in [0.1, 0.15) is 6.92 Å². The maximum atomic E-state index is 11.1. The lowest BCUT2D eigenvalue weighted by molar-refractivity contribution is -0.122. The Morgan fingerprint density at radius 2 is 2.00 bits per heavy atom. The first-order valence-corrected chi connectivity index (χ1v) is 6.49. The Hall–Kier alpha value is -1.26. The number of nitrogens with two attached hydrogens (primary N) is 1. The van der Waals surface area contributed by atoms with Gasteiger partial charge in [-0.15, -0.1) is 0 Å². The molecule has 18 heavy (non-hydrogen) atoms. The molecule has 1 fully saturated rings. The van der Waals surface area contributed by atoms with Gasteiger partial charge in [0, 0.05) is 36.9 Å². The standard InChI is InChI=1S/C13H18ClN3O/c1-10(13(15)18)16-5-7-17(8-6-16)12-4-2-3-11(14)9-12/h2-4,9-10H,5-8H2,1H3,(H2,15,18)/t10-/m1/s1. The highest BCUT2D eigenvalue weighted by molar-refractivity contribution is 6.30. The highest BCUT2D eigenvalue weighted by Crippen LogP contribution is 2.21. The van der Waals surface area contributed by atoms with Gasteiger partial charge in [0.15, 0.2) is 0 Å². The lowest BCUT2D eigenvalue weighted by Gasteiger charge is -2.38. The molecule has 1 aromatic carbocycles. The van der Waals surface area contributed by atoms with Gasteiger partial charge in [0.1, 0.15) is 0 Å². The van der Waals surface area contributed by atoms with Crippen LogP contribution in [0.4, 0.5) is 5.69 Å². The molecule has 0 saturated carbocycles. The third-order valence-electron chi connectivity index (χ3n) is 3.45. The summed E-state index contributed by atoms with van der Waals surface area (Å²) in [5, 5.41) is 0.750. The molecule has 0 bridgehead atoms. The van der Waals surface area contributed by atoms with E-state index in [1.807, 2.05) is 25.1 Å². The first-order valence-electron chi connectivity index (χ1n) is 6.12. The van der Waals surface area contributed by atoms with Crippen molar-refractivity contribution in [1.29, 1.82) is 0 Å². The number of anilines is 1. The van der Waals surface area contributed by atoms with E-state index in [4.69, 9.17) is 17.3 Å². The Morgan fingerprint density at radius 1 is 1.33 bits per heavy atom. The molecule has 2 rings (SSSR count). The molecule has 5 heteroatoms. The number of piperazine rings is 1. The fraction of sp³-hybridized carbons (Fsp3) is 0.462. The van der Waals surface area contributed by atoms with Crippen molar-refractivity contribution in [2.45, 2.75) is 13.0 Å². The van der Waals surface area contributed by atoms with E-state index in [0.29, 0.717) is 0 Å². The number of nitrogens with zero attached hydrogens (tertiary/aromatic N) is 2. The Morgan fingerprint density at radius 3 is 2.56 bits per heavy atom. The zero-order chi connectivity index (χ0) is 13.1. The molecule has 1 aliphatic heterocycles. The van der Waals surface area contributed by atoms with Crippen LogP contribution < -0.4 is 10.6 Å². The SMILES string of the molecule is C[C@H](C(N)=O)N1CCN(c2cccc(Cl)c2)CC1. The third kappa shape index (κ3) is 2.94. The average Bonchev–Trinajstić information content (AvgIpc) is 2.38. The Labute approximate surface area is 112 Å². The maximum Gasteiger partial charge on any atom is 0.234 e. The second-order valence-electron chi connectivity index (χ2n) is 4.58. The molecule has 0 unspecified atom stereocenters. The highest BCUT2D eigenvalue weighted by atomic mass is 35.5. The van der Waals surface area contributed by atoms with Crippen LogP contribution in [0.25, 0.3) is 0 Å². The van der Waals surface area contributed by atoms with E-state index in [1.54, 1.807) is 0 Å². The molecule has 1 aromatic rings. The third-order valence-corrected chi connectivity index (χ3v) is 3.68. The minimum atomic E-state index is -0.258. The minimum Gasteiger partial charge on any atom is -0.369 e. The molecule has 0 aromatic heterocycles. The molecule has 1 aliphatic rings. The van der Waals surface area contributed by atoms with E-state index in [9.17, 15) is 4.79 Å². The molecular weight excluding hydrogens is 250 g/mol. The summed E-state index contributed by atoms with van der Waals surface area (Å²) in [6.45, 7) is 5.32. The Bertz CT molecular complexity index is 430. The van der Waals surface area contributed by atoms with E-state index in [2.05, 4.69) is 15.9 Å². The fourth-order valence-electron chi connectivity index (χ4n) is 2.22. The van der Waals surface area contributed by atoms with Gasteiger partial charge in [-0.1, -0.05) is 17.7 Å².